The number of hydrogen-bond donors (Lipinski definition) is 3. The lowest BCUT2D eigenvalue weighted by Gasteiger charge is -2.48. The molecule has 11 rings (SSSR count). The smallest absolute Gasteiger partial charge is 0.276 e. The Morgan fingerprint density at radius 2 is 1.68 bits per heavy atom. The van der Waals surface area contributed by atoms with E-state index in [4.69, 9.17) is 13.8 Å². The number of amides is 4. The van der Waals surface area contributed by atoms with Crippen LogP contribution in [0.1, 0.15) is 114 Å². The van der Waals surface area contributed by atoms with E-state index in [0.717, 1.165) is 68.8 Å². The topological polar surface area (TPSA) is 182 Å². The van der Waals surface area contributed by atoms with E-state index in [-0.39, 0.29) is 53.2 Å². The van der Waals surface area contributed by atoms with Gasteiger partial charge in [0.2, 0.25) is 17.7 Å². The number of anilines is 5. The average Bonchev–Trinajstić information content (AvgIpc) is 3.98. The third-order valence-electron chi connectivity index (χ3n) is 15.7. The van der Waals surface area contributed by atoms with Crippen molar-refractivity contribution in [2.24, 2.45) is 5.41 Å². The molecule has 4 amide bonds. The van der Waals surface area contributed by atoms with Crippen LogP contribution in [0, 0.1) is 5.41 Å². The van der Waals surface area contributed by atoms with Gasteiger partial charge >= 0.3 is 0 Å². The summed E-state index contributed by atoms with van der Waals surface area (Å²) in [7, 11) is -2.79. The number of piperidine rings is 2. The van der Waals surface area contributed by atoms with Gasteiger partial charge in [-0.3, -0.25) is 34.3 Å². The van der Waals surface area contributed by atoms with Gasteiger partial charge in [-0.05, 0) is 124 Å². The molecule has 3 fully saturated rings. The molecule has 9 heterocycles. The Labute approximate surface area is 418 Å². The number of imide groups is 1. The fourth-order valence-electron chi connectivity index (χ4n) is 12.3. The molecule has 0 radical (unpaired) electrons. The van der Waals surface area contributed by atoms with Gasteiger partial charge in [-0.2, -0.15) is 0 Å². The van der Waals surface area contributed by atoms with Crippen molar-refractivity contribution >= 4 is 52.3 Å². The molecule has 5 aliphatic heterocycles. The van der Waals surface area contributed by atoms with Crippen molar-refractivity contribution in [1.82, 2.24) is 34.6 Å². The van der Waals surface area contributed by atoms with Crippen LogP contribution in [-0.4, -0.2) is 122 Å². The lowest BCUT2D eigenvalue weighted by atomic mass is 9.90. The summed E-state index contributed by atoms with van der Waals surface area (Å²) in [5.41, 5.74) is 8.58. The number of nitrogens with one attached hydrogen (secondary N) is 2. The molecule has 4 aromatic heterocycles. The first-order valence-electron chi connectivity index (χ1n) is 26.5. The number of aliphatic hydroxyl groups excluding tert-OH is 1. The molecule has 3 saturated heterocycles. The van der Waals surface area contributed by atoms with Gasteiger partial charge in [0.15, 0.2) is 0 Å². The maximum absolute atomic E-state index is 14.2. The van der Waals surface area contributed by atoms with E-state index in [1.165, 1.54) is 17.5 Å². The fraction of sp³-hybridized carbons (Fsp3) is 0.463. The molecule has 0 saturated carbocycles. The Hall–Kier alpha value is -6.85. The first kappa shape index (κ1) is 43.0. The number of nitrogens with zero attached hydrogens (tertiary/aromatic N) is 9. The van der Waals surface area contributed by atoms with Crippen molar-refractivity contribution in [3.63, 3.8) is 0 Å². The zero-order chi connectivity index (χ0) is 52.0. The van der Waals surface area contributed by atoms with E-state index in [9.17, 15) is 24.3 Å². The van der Waals surface area contributed by atoms with E-state index in [1.54, 1.807) is 35.1 Å². The summed E-state index contributed by atoms with van der Waals surface area (Å²) in [4.78, 5) is 76.3. The number of fused-ring (bicyclic) bond motifs is 4. The van der Waals surface area contributed by atoms with Gasteiger partial charge < -0.3 is 34.4 Å². The molecular weight excluding hydrogens is 899 g/mol. The lowest BCUT2D eigenvalue weighted by molar-refractivity contribution is -0.136. The van der Waals surface area contributed by atoms with Crippen molar-refractivity contribution < 1.29 is 33.1 Å². The standard InChI is InChI=1S/C54H63N11O6/c1-31-21-37(14-16-61(31)38-7-9-41-36(22-38)30-65(52(41)69)43-10-12-47(67)59-50(43)68)60-17-18-62(32(2)29-60)39-8-11-46(56-28-39)58-42-23-35(27-57-51(42)71-6)40-13-15-55-49(48(40)33(3)66)64-20-19-63-44(53(64)70)24-34-25-54(4,5)26-45(34)63/h7-9,11,13,15,22-24,27-28,31-33,37,43,66H,10,12,14,16-21,25-26,29-30H2,1-6H3,(H,56,58)(H,59,67,68)/t31-,32+,33-,37?,43+/m1/s1/i6D3. The molecule has 370 valence electrons. The molecule has 0 spiro atoms. The van der Waals surface area contributed by atoms with Crippen molar-refractivity contribution in [1.29, 1.82) is 0 Å². The number of ether oxygens (including phenoxy) is 1. The second-order valence-corrected chi connectivity index (χ2v) is 21.1. The molecule has 5 atom stereocenters. The number of rotatable bonds is 10. The van der Waals surface area contributed by atoms with Crippen LogP contribution in [0.2, 0.25) is 0 Å². The first-order valence-corrected chi connectivity index (χ1v) is 25.0. The van der Waals surface area contributed by atoms with Gasteiger partial charge in [0.1, 0.15) is 29.1 Å². The van der Waals surface area contributed by atoms with Gasteiger partial charge in [-0.25, -0.2) is 15.0 Å². The normalized spacial score (nSPS) is 24.5. The minimum atomic E-state index is -2.79. The van der Waals surface area contributed by atoms with E-state index in [2.05, 4.69) is 73.6 Å². The molecule has 1 aromatic carbocycles. The summed E-state index contributed by atoms with van der Waals surface area (Å²) < 4.78 is 31.2. The molecule has 0 bridgehead atoms. The van der Waals surface area contributed by atoms with Gasteiger partial charge in [0.05, 0.1) is 29.1 Å². The molecule has 1 unspecified atom stereocenters. The van der Waals surface area contributed by atoms with Crippen LogP contribution < -0.4 is 30.1 Å². The molecule has 71 heavy (non-hydrogen) atoms. The van der Waals surface area contributed by atoms with E-state index in [0.29, 0.717) is 71.7 Å². The summed E-state index contributed by atoms with van der Waals surface area (Å²) in [5.74, 6) is -0.392. The summed E-state index contributed by atoms with van der Waals surface area (Å²) in [6.45, 7) is 15.4. The van der Waals surface area contributed by atoms with Gasteiger partial charge in [0, 0.05) is 111 Å². The third kappa shape index (κ3) is 8.45. The number of carbonyl (C=O) groups excluding carboxylic acids is 4. The molecule has 5 aromatic rings. The van der Waals surface area contributed by atoms with Gasteiger partial charge in [0.25, 0.3) is 11.8 Å². The Morgan fingerprint density at radius 1 is 0.845 bits per heavy atom. The highest BCUT2D eigenvalue weighted by Gasteiger charge is 2.41. The Morgan fingerprint density at radius 3 is 2.44 bits per heavy atom. The number of pyridine rings is 3. The van der Waals surface area contributed by atoms with Crippen molar-refractivity contribution in [2.45, 2.75) is 117 Å². The zero-order valence-electron chi connectivity index (χ0n) is 43.9. The number of aliphatic hydroxyl groups is 1. The summed E-state index contributed by atoms with van der Waals surface area (Å²) in [6.07, 6.45) is 8.27. The highest BCUT2D eigenvalue weighted by Crippen LogP contribution is 2.42. The molecule has 6 aliphatic rings. The summed E-state index contributed by atoms with van der Waals surface area (Å²) in [5, 5.41) is 17.0. The second kappa shape index (κ2) is 18.1. The predicted octanol–water partition coefficient (Wildman–Crippen LogP) is 6.26. The van der Waals surface area contributed by atoms with Crippen LogP contribution in [-0.2, 0) is 35.5 Å². The number of benzene rings is 1. The monoisotopic (exact) mass is 965 g/mol. The summed E-state index contributed by atoms with van der Waals surface area (Å²) in [6, 6.07) is 15.6. The highest BCUT2D eigenvalue weighted by atomic mass is 16.5. The van der Waals surface area contributed by atoms with Crippen LogP contribution in [0.5, 0.6) is 5.88 Å². The number of piperazine rings is 1. The number of hydrogen-bond acceptors (Lipinski definition) is 13. The molecule has 3 N–H and O–H groups in total. The van der Waals surface area contributed by atoms with E-state index in [1.807, 2.05) is 36.5 Å². The van der Waals surface area contributed by atoms with Crippen molar-refractivity contribution in [3.05, 3.63) is 101 Å². The minimum Gasteiger partial charge on any atom is -0.480 e. The molecular formula is C54H63N11O6. The van der Waals surface area contributed by atoms with Crippen molar-refractivity contribution in [3.8, 4) is 17.0 Å². The molecule has 17 heteroatoms. The lowest BCUT2D eigenvalue weighted by Crippen LogP contribution is -2.58. The minimum absolute atomic E-state index is 0.150. The van der Waals surface area contributed by atoms with Crippen molar-refractivity contribution in [2.75, 3.05) is 59.8 Å². The van der Waals surface area contributed by atoms with Gasteiger partial charge in [-0.15, -0.1) is 0 Å². The summed E-state index contributed by atoms with van der Waals surface area (Å²) >= 11 is 0. The SMILES string of the molecule is [2H]C([2H])([2H])Oc1ncc(-c2ccnc(N3CCn4c(cc5c4CC(C)(C)C5)C3=O)c2[C@@H](C)O)cc1Nc1ccc(N2CCN(C3CCN(c4ccc5c(c4)CN([C@H]4CCC(=O)NC4=O)C5=O)[C@H](C)C3)C[C@@H]2C)cn1. The maximum Gasteiger partial charge on any atom is 0.276 e. The van der Waals surface area contributed by atoms with Crippen LogP contribution in [0.15, 0.2) is 67.1 Å². The highest BCUT2D eigenvalue weighted by molar-refractivity contribution is 6.07. The fourth-order valence-corrected chi connectivity index (χ4v) is 12.3. The first-order chi connectivity index (χ1) is 35.3. The van der Waals surface area contributed by atoms with E-state index < -0.39 is 25.1 Å². The van der Waals surface area contributed by atoms with Crippen LogP contribution >= 0.6 is 0 Å². The average molecular weight is 965 g/mol. The zero-order valence-corrected chi connectivity index (χ0v) is 40.9. The Bertz CT molecular complexity index is 3070. The number of methoxy groups -OCH3 is 1. The number of aromatic nitrogens is 4. The predicted molar refractivity (Wildman–Crippen MR) is 270 cm³/mol. The Balaban J connectivity index is 0.750. The van der Waals surface area contributed by atoms with Crippen LogP contribution in [0.4, 0.5) is 28.7 Å². The van der Waals surface area contributed by atoms with Gasteiger partial charge in [-0.1, -0.05) is 13.8 Å². The second-order valence-electron chi connectivity index (χ2n) is 21.1. The van der Waals surface area contributed by atoms with E-state index >= 15 is 0 Å². The Kier molecular flexibility index (Phi) is 10.9. The third-order valence-corrected chi connectivity index (χ3v) is 15.7. The maximum atomic E-state index is 14.2. The number of carbonyl (C=O) groups is 4. The largest absolute Gasteiger partial charge is 0.480 e. The molecule has 17 nitrogen and oxygen atoms in total. The molecule has 1 aliphatic carbocycles. The van der Waals surface area contributed by atoms with Crippen LogP contribution in [0.25, 0.3) is 11.1 Å². The van der Waals surface area contributed by atoms with Crippen LogP contribution in [0.3, 0.4) is 0 Å². The quantitative estimate of drug-likeness (QED) is 0.134.